The van der Waals surface area contributed by atoms with E-state index in [4.69, 9.17) is 5.73 Å². The third-order valence-corrected chi connectivity index (χ3v) is 3.36. The van der Waals surface area contributed by atoms with Gasteiger partial charge in [0.05, 0.1) is 0 Å². The number of nitrogens with one attached hydrogen (secondary N) is 1. The van der Waals surface area contributed by atoms with E-state index in [9.17, 15) is 0 Å². The van der Waals surface area contributed by atoms with Gasteiger partial charge in [0.15, 0.2) is 0 Å². The van der Waals surface area contributed by atoms with Crippen LogP contribution in [0.15, 0.2) is 0 Å². The van der Waals surface area contributed by atoms with Gasteiger partial charge in [-0.25, -0.2) is 0 Å². The van der Waals surface area contributed by atoms with E-state index in [1.54, 1.807) is 0 Å². The predicted octanol–water partition coefficient (Wildman–Crippen LogP) is 1.75. The highest BCUT2D eigenvalue weighted by Gasteiger charge is 2.40. The zero-order chi connectivity index (χ0) is 9.95. The second-order valence-electron chi connectivity index (χ2n) is 5.33. The molecule has 0 aromatic carbocycles. The lowest BCUT2D eigenvalue weighted by atomic mass is 9.93. The van der Waals surface area contributed by atoms with E-state index in [0.717, 1.165) is 13.1 Å². The van der Waals surface area contributed by atoms with Gasteiger partial charge in [-0.2, -0.15) is 0 Å². The smallest absolute Gasteiger partial charge is 0.00148 e. The fourth-order valence-corrected chi connectivity index (χ4v) is 1.57. The maximum absolute atomic E-state index is 5.66. The SMILES string of the molecule is CCC1(CNCC(C)(C)CN)CC1. The third-order valence-electron chi connectivity index (χ3n) is 3.36. The van der Waals surface area contributed by atoms with E-state index >= 15 is 0 Å². The first-order chi connectivity index (χ1) is 6.04. The number of nitrogens with two attached hydrogens (primary N) is 1. The Morgan fingerprint density at radius 1 is 1.38 bits per heavy atom. The van der Waals surface area contributed by atoms with E-state index in [2.05, 4.69) is 26.1 Å². The summed E-state index contributed by atoms with van der Waals surface area (Å²) in [6.45, 7) is 9.72. The van der Waals surface area contributed by atoms with Crippen molar-refractivity contribution in [3.63, 3.8) is 0 Å². The van der Waals surface area contributed by atoms with E-state index < -0.39 is 0 Å². The highest BCUT2D eigenvalue weighted by molar-refractivity contribution is 4.93. The molecule has 0 spiro atoms. The lowest BCUT2D eigenvalue weighted by molar-refractivity contribution is 0.327. The Balaban J connectivity index is 2.14. The monoisotopic (exact) mass is 184 g/mol. The number of hydrogen-bond acceptors (Lipinski definition) is 2. The molecule has 0 radical (unpaired) electrons. The lowest BCUT2D eigenvalue weighted by Crippen LogP contribution is -2.37. The van der Waals surface area contributed by atoms with Crippen LogP contribution >= 0.6 is 0 Å². The van der Waals surface area contributed by atoms with Crippen LogP contribution in [0.3, 0.4) is 0 Å². The second-order valence-corrected chi connectivity index (χ2v) is 5.33. The van der Waals surface area contributed by atoms with Crippen molar-refractivity contribution in [3.05, 3.63) is 0 Å². The van der Waals surface area contributed by atoms with Crippen molar-refractivity contribution < 1.29 is 0 Å². The van der Waals surface area contributed by atoms with Crippen LogP contribution in [0.1, 0.15) is 40.0 Å². The zero-order valence-corrected chi connectivity index (χ0v) is 9.32. The standard InChI is InChI=1S/C11H24N2/c1-4-11(5-6-11)9-13-8-10(2,3)7-12/h13H,4-9,12H2,1-3H3. The molecule has 78 valence electrons. The molecule has 0 unspecified atom stereocenters. The Morgan fingerprint density at radius 3 is 2.38 bits per heavy atom. The molecule has 0 saturated heterocycles. The van der Waals surface area contributed by atoms with Crippen molar-refractivity contribution in [2.24, 2.45) is 16.6 Å². The van der Waals surface area contributed by atoms with Crippen molar-refractivity contribution in [2.75, 3.05) is 19.6 Å². The first kappa shape index (κ1) is 11.0. The van der Waals surface area contributed by atoms with Gasteiger partial charge in [-0.1, -0.05) is 20.8 Å². The van der Waals surface area contributed by atoms with Crippen LogP contribution in [0, 0.1) is 10.8 Å². The molecule has 2 heteroatoms. The van der Waals surface area contributed by atoms with Crippen LogP contribution in [-0.2, 0) is 0 Å². The van der Waals surface area contributed by atoms with Crippen molar-refractivity contribution in [1.29, 1.82) is 0 Å². The van der Waals surface area contributed by atoms with Crippen LogP contribution in [0.2, 0.25) is 0 Å². The normalized spacial score (nSPS) is 20.3. The summed E-state index contributed by atoms with van der Waals surface area (Å²) in [6, 6.07) is 0. The average Bonchev–Trinajstić information content (AvgIpc) is 2.85. The summed E-state index contributed by atoms with van der Waals surface area (Å²) < 4.78 is 0. The van der Waals surface area contributed by atoms with Gasteiger partial charge in [-0.05, 0) is 36.6 Å². The fraction of sp³-hybridized carbons (Fsp3) is 1.00. The zero-order valence-electron chi connectivity index (χ0n) is 9.32. The first-order valence-corrected chi connectivity index (χ1v) is 5.44. The summed E-state index contributed by atoms with van der Waals surface area (Å²) >= 11 is 0. The largest absolute Gasteiger partial charge is 0.330 e. The maximum Gasteiger partial charge on any atom is 0.00148 e. The molecule has 0 aromatic heterocycles. The summed E-state index contributed by atoms with van der Waals surface area (Å²) in [5, 5.41) is 3.55. The van der Waals surface area contributed by atoms with Gasteiger partial charge >= 0.3 is 0 Å². The summed E-state index contributed by atoms with van der Waals surface area (Å²) in [5.41, 5.74) is 6.58. The number of rotatable bonds is 6. The van der Waals surface area contributed by atoms with Crippen molar-refractivity contribution in [2.45, 2.75) is 40.0 Å². The molecular weight excluding hydrogens is 160 g/mol. The van der Waals surface area contributed by atoms with Crippen LogP contribution in [0.5, 0.6) is 0 Å². The van der Waals surface area contributed by atoms with E-state index in [-0.39, 0.29) is 5.41 Å². The lowest BCUT2D eigenvalue weighted by Gasteiger charge is -2.24. The molecule has 1 aliphatic rings. The molecule has 3 N–H and O–H groups in total. The minimum atomic E-state index is 0.254. The molecule has 1 fully saturated rings. The highest BCUT2D eigenvalue weighted by Crippen LogP contribution is 2.47. The van der Waals surface area contributed by atoms with Crippen LogP contribution in [-0.4, -0.2) is 19.6 Å². The Bertz CT molecular complexity index is 153. The van der Waals surface area contributed by atoms with Crippen LogP contribution < -0.4 is 11.1 Å². The van der Waals surface area contributed by atoms with Gasteiger partial charge < -0.3 is 11.1 Å². The van der Waals surface area contributed by atoms with Crippen molar-refractivity contribution >= 4 is 0 Å². The van der Waals surface area contributed by atoms with E-state index in [1.807, 2.05) is 0 Å². The fourth-order valence-electron chi connectivity index (χ4n) is 1.57. The van der Waals surface area contributed by atoms with Gasteiger partial charge in [0.25, 0.3) is 0 Å². The summed E-state index contributed by atoms with van der Waals surface area (Å²) in [6.07, 6.45) is 4.15. The Labute approximate surface area is 82.3 Å². The molecule has 0 amide bonds. The van der Waals surface area contributed by atoms with Gasteiger partial charge in [0.2, 0.25) is 0 Å². The second kappa shape index (κ2) is 3.97. The summed E-state index contributed by atoms with van der Waals surface area (Å²) in [5.74, 6) is 0. The molecule has 1 saturated carbocycles. The molecule has 0 heterocycles. The van der Waals surface area contributed by atoms with Gasteiger partial charge in [-0.3, -0.25) is 0 Å². The summed E-state index contributed by atoms with van der Waals surface area (Å²) in [4.78, 5) is 0. The molecule has 1 aliphatic carbocycles. The third kappa shape index (κ3) is 3.28. The molecule has 1 rings (SSSR count). The molecule has 0 bridgehead atoms. The Kier molecular flexibility index (Phi) is 3.36. The van der Waals surface area contributed by atoms with Crippen molar-refractivity contribution in [1.82, 2.24) is 5.32 Å². The van der Waals surface area contributed by atoms with Crippen LogP contribution in [0.4, 0.5) is 0 Å². The predicted molar refractivity (Wildman–Crippen MR) is 57.7 cm³/mol. The quantitative estimate of drug-likeness (QED) is 0.660. The molecule has 0 atom stereocenters. The summed E-state index contributed by atoms with van der Waals surface area (Å²) in [7, 11) is 0. The topological polar surface area (TPSA) is 38.0 Å². The molecular formula is C11H24N2. The molecule has 0 aliphatic heterocycles. The van der Waals surface area contributed by atoms with Gasteiger partial charge in [-0.15, -0.1) is 0 Å². The van der Waals surface area contributed by atoms with Gasteiger partial charge in [0, 0.05) is 13.1 Å². The van der Waals surface area contributed by atoms with E-state index in [0.29, 0.717) is 5.41 Å². The molecule has 0 aromatic rings. The molecule has 13 heavy (non-hydrogen) atoms. The number of hydrogen-bond donors (Lipinski definition) is 2. The Hall–Kier alpha value is -0.0800. The highest BCUT2D eigenvalue weighted by atomic mass is 14.9. The van der Waals surface area contributed by atoms with Gasteiger partial charge in [0.1, 0.15) is 0 Å². The van der Waals surface area contributed by atoms with Crippen molar-refractivity contribution in [3.8, 4) is 0 Å². The minimum Gasteiger partial charge on any atom is -0.330 e. The maximum atomic E-state index is 5.66. The van der Waals surface area contributed by atoms with Crippen LogP contribution in [0.25, 0.3) is 0 Å². The average molecular weight is 184 g/mol. The molecule has 2 nitrogen and oxygen atoms in total. The van der Waals surface area contributed by atoms with E-state index in [1.165, 1.54) is 25.8 Å². The minimum absolute atomic E-state index is 0.254. The first-order valence-electron chi connectivity index (χ1n) is 5.44. The Morgan fingerprint density at radius 2 is 2.00 bits per heavy atom.